The Morgan fingerprint density at radius 2 is 1.65 bits per heavy atom. The maximum atomic E-state index is 5.90. The van der Waals surface area contributed by atoms with E-state index in [1.807, 2.05) is 12.1 Å². The fraction of sp³-hybridized carbons (Fsp3) is 0.500. The van der Waals surface area contributed by atoms with Crippen molar-refractivity contribution in [2.45, 2.75) is 12.3 Å². The van der Waals surface area contributed by atoms with Crippen molar-refractivity contribution in [2.24, 2.45) is 11.8 Å². The van der Waals surface area contributed by atoms with E-state index in [2.05, 4.69) is 12.1 Å². The third-order valence-corrected chi connectivity index (χ3v) is 6.28. The molecule has 0 unspecified atom stereocenters. The van der Waals surface area contributed by atoms with Gasteiger partial charge in [-0.1, -0.05) is 6.07 Å². The summed E-state index contributed by atoms with van der Waals surface area (Å²) < 4.78 is 39.7. The molecule has 0 radical (unpaired) electrons. The van der Waals surface area contributed by atoms with Crippen LogP contribution in [0.25, 0.3) is 0 Å². The molecule has 3 atom stereocenters. The molecule has 0 N–H and O–H groups in total. The molecule has 31 heavy (non-hydrogen) atoms. The Morgan fingerprint density at radius 1 is 0.871 bits per heavy atom. The predicted octanol–water partition coefficient (Wildman–Crippen LogP) is 3.65. The van der Waals surface area contributed by atoms with Gasteiger partial charge in [-0.2, -0.15) is 0 Å². The smallest absolute Gasteiger partial charge is 0.231 e. The molecule has 0 bridgehead atoms. The van der Waals surface area contributed by atoms with Crippen LogP contribution in [0.5, 0.6) is 28.7 Å². The van der Waals surface area contributed by atoms with E-state index in [4.69, 9.17) is 33.2 Å². The van der Waals surface area contributed by atoms with Crippen molar-refractivity contribution < 1.29 is 33.2 Å². The lowest BCUT2D eigenvalue weighted by Crippen LogP contribution is -2.36. The van der Waals surface area contributed by atoms with Crippen LogP contribution in [-0.2, 0) is 15.9 Å². The summed E-state index contributed by atoms with van der Waals surface area (Å²) >= 11 is 0. The lowest BCUT2D eigenvalue weighted by molar-refractivity contribution is 0.0560. The van der Waals surface area contributed by atoms with Crippen molar-refractivity contribution in [1.29, 1.82) is 0 Å². The van der Waals surface area contributed by atoms with Crippen LogP contribution < -0.4 is 23.7 Å². The van der Waals surface area contributed by atoms with Crippen molar-refractivity contribution in [2.75, 3.05) is 55.6 Å². The summed E-state index contributed by atoms with van der Waals surface area (Å²) in [5.74, 6) is 3.92. The molecular formula is C24H30O7. The van der Waals surface area contributed by atoms with Crippen LogP contribution in [0.3, 0.4) is 0 Å². The Labute approximate surface area is 183 Å². The van der Waals surface area contributed by atoms with Crippen molar-refractivity contribution in [3.8, 4) is 28.7 Å². The molecule has 2 aromatic carbocycles. The summed E-state index contributed by atoms with van der Waals surface area (Å²) in [6.45, 7) is 1.41. The van der Waals surface area contributed by atoms with Crippen LogP contribution in [0.2, 0.25) is 0 Å². The monoisotopic (exact) mass is 430 g/mol. The molecule has 0 fully saturated rings. The highest BCUT2D eigenvalue weighted by Gasteiger charge is 2.42. The summed E-state index contributed by atoms with van der Waals surface area (Å²) in [6.07, 6.45) is 0.841. The van der Waals surface area contributed by atoms with Crippen LogP contribution in [0.1, 0.15) is 22.6 Å². The molecule has 168 valence electrons. The number of rotatable bonds is 8. The molecule has 1 aliphatic carbocycles. The van der Waals surface area contributed by atoms with E-state index in [0.717, 1.165) is 29.0 Å². The average molecular weight is 430 g/mol. The van der Waals surface area contributed by atoms with Crippen LogP contribution in [0.4, 0.5) is 0 Å². The van der Waals surface area contributed by atoms with Crippen LogP contribution in [0.15, 0.2) is 24.3 Å². The number of hydrogen-bond donors (Lipinski definition) is 0. The van der Waals surface area contributed by atoms with Gasteiger partial charge < -0.3 is 33.2 Å². The number of fused-ring (bicyclic) bond motifs is 2. The second-order valence-corrected chi connectivity index (χ2v) is 7.85. The minimum atomic E-state index is -0.00638. The van der Waals surface area contributed by atoms with Gasteiger partial charge in [0.05, 0.1) is 27.9 Å². The van der Waals surface area contributed by atoms with Crippen molar-refractivity contribution in [3.05, 3.63) is 41.0 Å². The maximum Gasteiger partial charge on any atom is 0.231 e. The van der Waals surface area contributed by atoms with Gasteiger partial charge in [0, 0.05) is 32.3 Å². The van der Waals surface area contributed by atoms with Crippen molar-refractivity contribution >= 4 is 0 Å². The van der Waals surface area contributed by atoms with E-state index in [-0.39, 0.29) is 24.5 Å². The highest BCUT2D eigenvalue weighted by atomic mass is 16.7. The summed E-state index contributed by atoms with van der Waals surface area (Å²) in [4.78, 5) is 0. The second kappa shape index (κ2) is 9.24. The van der Waals surface area contributed by atoms with Crippen molar-refractivity contribution in [3.63, 3.8) is 0 Å². The molecule has 0 saturated carbocycles. The standard InChI is InChI=1S/C24H30O7/c1-25-11-16-8-15-10-20-23(31-13-30-20)24(29-5)22(15)21(17(16)12-26-2)14-6-7-18(27-3)19(9-14)28-4/h6-7,9-10,16-17,21H,8,11-13H2,1-5H3/t16-,17-,21+/m0/s1. The molecule has 4 rings (SSSR count). The fourth-order valence-corrected chi connectivity index (χ4v) is 4.99. The lowest BCUT2D eigenvalue weighted by Gasteiger charge is -2.40. The zero-order valence-electron chi connectivity index (χ0n) is 18.7. The van der Waals surface area contributed by atoms with Crippen LogP contribution >= 0.6 is 0 Å². The fourth-order valence-electron chi connectivity index (χ4n) is 4.99. The van der Waals surface area contributed by atoms with Gasteiger partial charge in [0.1, 0.15) is 0 Å². The van der Waals surface area contributed by atoms with Crippen molar-refractivity contribution in [1.82, 2.24) is 0 Å². The molecule has 2 aromatic rings. The summed E-state index contributed by atoms with van der Waals surface area (Å²) in [7, 11) is 8.44. The Kier molecular flexibility index (Phi) is 6.43. The highest BCUT2D eigenvalue weighted by Crippen LogP contribution is 2.55. The highest BCUT2D eigenvalue weighted by molar-refractivity contribution is 5.64. The zero-order valence-corrected chi connectivity index (χ0v) is 18.7. The number of hydrogen-bond acceptors (Lipinski definition) is 7. The molecule has 1 aliphatic heterocycles. The van der Waals surface area contributed by atoms with E-state index in [1.165, 1.54) is 5.56 Å². The van der Waals surface area contributed by atoms with Crippen LogP contribution in [0, 0.1) is 11.8 Å². The van der Waals surface area contributed by atoms with Gasteiger partial charge in [-0.05, 0) is 47.6 Å². The van der Waals surface area contributed by atoms with Gasteiger partial charge in [0.25, 0.3) is 0 Å². The van der Waals surface area contributed by atoms with Gasteiger partial charge in [-0.15, -0.1) is 0 Å². The number of benzene rings is 2. The normalized spacial score (nSPS) is 21.5. The molecule has 0 saturated heterocycles. The zero-order chi connectivity index (χ0) is 22.0. The van der Waals surface area contributed by atoms with E-state index >= 15 is 0 Å². The lowest BCUT2D eigenvalue weighted by atomic mass is 9.66. The first-order chi connectivity index (χ1) is 15.2. The predicted molar refractivity (Wildman–Crippen MR) is 115 cm³/mol. The molecule has 0 spiro atoms. The Hall–Kier alpha value is -2.64. The molecular weight excluding hydrogens is 400 g/mol. The van der Waals surface area contributed by atoms with E-state index in [0.29, 0.717) is 30.5 Å². The molecule has 7 nitrogen and oxygen atoms in total. The van der Waals surface area contributed by atoms with Gasteiger partial charge >= 0.3 is 0 Å². The van der Waals surface area contributed by atoms with Gasteiger partial charge in [0.2, 0.25) is 12.5 Å². The third kappa shape index (κ3) is 3.77. The maximum absolute atomic E-state index is 5.90. The number of ether oxygens (including phenoxy) is 7. The minimum absolute atomic E-state index is 0.00638. The molecule has 2 aliphatic rings. The minimum Gasteiger partial charge on any atom is -0.493 e. The number of methoxy groups -OCH3 is 5. The largest absolute Gasteiger partial charge is 0.493 e. The summed E-state index contributed by atoms with van der Waals surface area (Å²) in [5.41, 5.74) is 3.38. The van der Waals surface area contributed by atoms with Gasteiger partial charge in [-0.3, -0.25) is 0 Å². The van der Waals surface area contributed by atoms with E-state index in [9.17, 15) is 0 Å². The SMILES string of the molecule is COC[C@@H]1Cc2cc3c(c(OC)c2[C@H](c2ccc(OC)c(OC)c2)[C@H]1COC)OCO3. The summed E-state index contributed by atoms with van der Waals surface area (Å²) in [6, 6.07) is 8.14. The second-order valence-electron chi connectivity index (χ2n) is 7.85. The Morgan fingerprint density at radius 3 is 2.32 bits per heavy atom. The topological polar surface area (TPSA) is 64.6 Å². The molecule has 0 amide bonds. The first kappa shape index (κ1) is 21.6. The van der Waals surface area contributed by atoms with Gasteiger partial charge in [0.15, 0.2) is 23.0 Å². The van der Waals surface area contributed by atoms with E-state index in [1.54, 1.807) is 35.5 Å². The molecule has 7 heteroatoms. The molecule has 0 aromatic heterocycles. The quantitative estimate of drug-likeness (QED) is 0.633. The third-order valence-electron chi connectivity index (χ3n) is 6.28. The van der Waals surface area contributed by atoms with E-state index < -0.39 is 0 Å². The first-order valence-corrected chi connectivity index (χ1v) is 10.4. The Balaban J connectivity index is 1.94. The molecule has 1 heterocycles. The average Bonchev–Trinajstić information content (AvgIpc) is 3.26. The first-order valence-electron chi connectivity index (χ1n) is 10.4. The van der Waals surface area contributed by atoms with Crippen LogP contribution in [-0.4, -0.2) is 55.6 Å². The van der Waals surface area contributed by atoms with Gasteiger partial charge in [-0.25, -0.2) is 0 Å². The Bertz CT molecular complexity index is 927. The summed E-state index contributed by atoms with van der Waals surface area (Å²) in [5, 5.41) is 0.